The molecule has 0 saturated heterocycles. The third kappa shape index (κ3) is 3.57. The average Bonchev–Trinajstić information content (AvgIpc) is 3.40. The van der Waals surface area contributed by atoms with Crippen molar-refractivity contribution in [3.05, 3.63) is 53.3 Å². The molecule has 2 heterocycles. The molecule has 1 aliphatic carbocycles. The Morgan fingerprint density at radius 1 is 1.33 bits per heavy atom. The lowest BCUT2D eigenvalue weighted by atomic mass is 10.1. The Hall–Kier alpha value is -2.73. The zero-order chi connectivity index (χ0) is 19.0. The highest BCUT2D eigenvalue weighted by atomic mass is 16.5. The number of benzene rings is 1. The molecule has 0 radical (unpaired) electrons. The van der Waals surface area contributed by atoms with Gasteiger partial charge in [0.05, 0.1) is 23.8 Å². The summed E-state index contributed by atoms with van der Waals surface area (Å²) in [6.45, 7) is 4.65. The average molecular weight is 364 g/mol. The van der Waals surface area contributed by atoms with E-state index >= 15 is 0 Å². The molecule has 6 heteroatoms. The molecular weight excluding hydrogens is 340 g/mol. The van der Waals surface area contributed by atoms with Gasteiger partial charge < -0.3 is 10.1 Å². The fourth-order valence-corrected chi connectivity index (χ4v) is 3.30. The Bertz CT molecular complexity index is 989. The highest BCUT2D eigenvalue weighted by Crippen LogP contribution is 2.40. The maximum Gasteiger partial charge on any atom is 0.256 e. The van der Waals surface area contributed by atoms with Gasteiger partial charge in [-0.15, -0.1) is 0 Å². The van der Waals surface area contributed by atoms with Crippen LogP contribution in [0.25, 0.3) is 11.0 Å². The number of hydrogen-bond donors (Lipinski definition) is 1. The summed E-state index contributed by atoms with van der Waals surface area (Å²) in [5, 5.41) is 8.27. The van der Waals surface area contributed by atoms with E-state index in [4.69, 9.17) is 9.72 Å². The summed E-state index contributed by atoms with van der Waals surface area (Å²) in [5.41, 5.74) is 4.17. The minimum absolute atomic E-state index is 0.137. The molecule has 27 heavy (non-hydrogen) atoms. The van der Waals surface area contributed by atoms with Crippen LogP contribution in [0.5, 0.6) is 0 Å². The van der Waals surface area contributed by atoms with E-state index in [0.29, 0.717) is 18.1 Å². The number of carbonyl (C=O) groups excluding carboxylic acids is 1. The normalized spacial score (nSPS) is 14.1. The lowest BCUT2D eigenvalue weighted by molar-refractivity contribution is 0.102. The van der Waals surface area contributed by atoms with E-state index in [1.807, 2.05) is 35.0 Å². The van der Waals surface area contributed by atoms with Gasteiger partial charge in [-0.3, -0.25) is 4.79 Å². The van der Waals surface area contributed by atoms with Gasteiger partial charge in [-0.1, -0.05) is 12.1 Å². The summed E-state index contributed by atoms with van der Waals surface area (Å²) >= 11 is 0. The maximum absolute atomic E-state index is 13.1. The van der Waals surface area contributed by atoms with E-state index in [-0.39, 0.29) is 11.9 Å². The fraction of sp³-hybridized carbons (Fsp3) is 0.381. The first kappa shape index (κ1) is 17.7. The number of ether oxygens (including phenoxy) is 1. The molecular formula is C21H24N4O2. The smallest absolute Gasteiger partial charge is 0.256 e. The Labute approximate surface area is 158 Å². The van der Waals surface area contributed by atoms with E-state index < -0.39 is 0 Å². The van der Waals surface area contributed by atoms with E-state index in [1.165, 1.54) is 0 Å². The van der Waals surface area contributed by atoms with Crippen molar-refractivity contribution in [1.82, 2.24) is 14.8 Å². The van der Waals surface area contributed by atoms with Crippen molar-refractivity contribution in [2.45, 2.75) is 45.3 Å². The topological polar surface area (TPSA) is 69.0 Å². The molecule has 1 aromatic carbocycles. The van der Waals surface area contributed by atoms with Crippen molar-refractivity contribution >= 4 is 22.6 Å². The number of fused-ring (bicyclic) bond motifs is 1. The number of rotatable bonds is 6. The van der Waals surface area contributed by atoms with E-state index in [9.17, 15) is 4.79 Å². The first-order valence-corrected chi connectivity index (χ1v) is 9.34. The molecule has 6 nitrogen and oxygen atoms in total. The Kier molecular flexibility index (Phi) is 4.66. The molecule has 1 saturated carbocycles. The van der Waals surface area contributed by atoms with Crippen LogP contribution in [0.3, 0.4) is 0 Å². The molecule has 4 rings (SSSR count). The SMILES string of the molecule is COCc1cccc(NC(=O)c2cc(C3CC3)nc3c2cnn3C(C)C)c1. The molecule has 2 aromatic heterocycles. The van der Waals surface area contributed by atoms with Gasteiger partial charge in [0.2, 0.25) is 0 Å². The Morgan fingerprint density at radius 2 is 2.15 bits per heavy atom. The lowest BCUT2D eigenvalue weighted by Gasteiger charge is -2.11. The predicted molar refractivity (Wildman–Crippen MR) is 105 cm³/mol. The molecule has 0 atom stereocenters. The van der Waals surface area contributed by atoms with Gasteiger partial charge in [0.25, 0.3) is 5.91 Å². The number of carbonyl (C=O) groups is 1. The van der Waals surface area contributed by atoms with E-state index in [2.05, 4.69) is 24.3 Å². The second kappa shape index (κ2) is 7.12. The van der Waals surface area contributed by atoms with Crippen LogP contribution in [0.2, 0.25) is 0 Å². The first-order valence-electron chi connectivity index (χ1n) is 9.34. The van der Waals surface area contributed by atoms with Crippen molar-refractivity contribution in [3.63, 3.8) is 0 Å². The van der Waals surface area contributed by atoms with Gasteiger partial charge in [0.15, 0.2) is 5.65 Å². The number of aromatic nitrogens is 3. The summed E-state index contributed by atoms with van der Waals surface area (Å²) in [4.78, 5) is 17.9. The summed E-state index contributed by atoms with van der Waals surface area (Å²) < 4.78 is 7.06. The molecule has 1 N–H and O–H groups in total. The molecule has 1 fully saturated rings. The van der Waals surface area contributed by atoms with Gasteiger partial charge >= 0.3 is 0 Å². The lowest BCUT2D eigenvalue weighted by Crippen LogP contribution is -2.14. The number of methoxy groups -OCH3 is 1. The van der Waals surface area contributed by atoms with Crippen molar-refractivity contribution in [3.8, 4) is 0 Å². The number of anilines is 1. The van der Waals surface area contributed by atoms with Crippen molar-refractivity contribution in [1.29, 1.82) is 0 Å². The van der Waals surface area contributed by atoms with Crippen LogP contribution in [0, 0.1) is 0 Å². The zero-order valence-electron chi connectivity index (χ0n) is 15.9. The third-order valence-corrected chi connectivity index (χ3v) is 4.81. The minimum atomic E-state index is -0.137. The van der Waals surface area contributed by atoms with Crippen LogP contribution in [0.1, 0.15) is 60.3 Å². The standard InChI is InChI=1S/C21H24N4O2/c1-13(2)25-20-18(11-22-25)17(10-19(24-20)15-7-8-15)21(26)23-16-6-4-5-14(9-16)12-27-3/h4-6,9-11,13,15H,7-8,12H2,1-3H3,(H,23,26). The Morgan fingerprint density at radius 3 is 2.85 bits per heavy atom. The summed E-state index contributed by atoms with van der Waals surface area (Å²) in [7, 11) is 1.66. The van der Waals surface area contributed by atoms with E-state index in [1.54, 1.807) is 13.3 Å². The number of hydrogen-bond acceptors (Lipinski definition) is 4. The second-order valence-corrected chi connectivity index (χ2v) is 7.38. The van der Waals surface area contributed by atoms with Gasteiger partial charge in [0.1, 0.15) is 0 Å². The first-order chi connectivity index (χ1) is 13.1. The fourth-order valence-electron chi connectivity index (χ4n) is 3.30. The maximum atomic E-state index is 13.1. The van der Waals surface area contributed by atoms with Gasteiger partial charge in [-0.2, -0.15) is 5.10 Å². The van der Waals surface area contributed by atoms with Crippen LogP contribution in [-0.4, -0.2) is 27.8 Å². The van der Waals surface area contributed by atoms with Crippen LogP contribution in [0.4, 0.5) is 5.69 Å². The zero-order valence-corrected chi connectivity index (χ0v) is 15.9. The third-order valence-electron chi connectivity index (χ3n) is 4.81. The molecule has 1 aliphatic rings. The number of pyridine rings is 1. The monoisotopic (exact) mass is 364 g/mol. The molecule has 140 valence electrons. The second-order valence-electron chi connectivity index (χ2n) is 7.38. The van der Waals surface area contributed by atoms with Gasteiger partial charge in [0, 0.05) is 30.5 Å². The molecule has 0 unspecified atom stereocenters. The van der Waals surface area contributed by atoms with Crippen molar-refractivity contribution in [2.24, 2.45) is 0 Å². The minimum Gasteiger partial charge on any atom is -0.380 e. The highest BCUT2D eigenvalue weighted by Gasteiger charge is 2.28. The summed E-state index contributed by atoms with van der Waals surface area (Å²) in [5.74, 6) is 0.323. The molecule has 1 amide bonds. The van der Waals surface area contributed by atoms with Crippen LogP contribution >= 0.6 is 0 Å². The summed E-state index contributed by atoms with van der Waals surface area (Å²) in [6, 6.07) is 9.82. The van der Waals surface area contributed by atoms with Gasteiger partial charge in [-0.25, -0.2) is 9.67 Å². The Balaban J connectivity index is 1.71. The van der Waals surface area contributed by atoms with Crippen LogP contribution in [0.15, 0.2) is 36.5 Å². The number of nitrogens with zero attached hydrogens (tertiary/aromatic N) is 3. The number of amides is 1. The summed E-state index contributed by atoms with van der Waals surface area (Å²) in [6.07, 6.45) is 4.01. The number of nitrogens with one attached hydrogen (secondary N) is 1. The van der Waals surface area contributed by atoms with E-state index in [0.717, 1.165) is 40.8 Å². The molecule has 0 bridgehead atoms. The molecule has 3 aromatic rings. The van der Waals surface area contributed by atoms with Crippen LogP contribution < -0.4 is 5.32 Å². The largest absolute Gasteiger partial charge is 0.380 e. The molecule has 0 aliphatic heterocycles. The van der Waals surface area contributed by atoms with Crippen molar-refractivity contribution < 1.29 is 9.53 Å². The predicted octanol–water partition coefficient (Wildman–Crippen LogP) is 4.29. The van der Waals surface area contributed by atoms with Crippen molar-refractivity contribution in [2.75, 3.05) is 12.4 Å². The van der Waals surface area contributed by atoms with Crippen LogP contribution in [-0.2, 0) is 11.3 Å². The highest BCUT2D eigenvalue weighted by molar-refractivity contribution is 6.12. The van der Waals surface area contributed by atoms with Gasteiger partial charge in [-0.05, 0) is 50.5 Å². The molecule has 0 spiro atoms. The quantitative estimate of drug-likeness (QED) is 0.708.